The van der Waals surface area contributed by atoms with Gasteiger partial charge in [0.05, 0.1) is 5.75 Å². The Morgan fingerprint density at radius 3 is 2.75 bits per heavy atom. The zero-order valence-electron chi connectivity index (χ0n) is 11.0. The van der Waals surface area contributed by atoms with Crippen LogP contribution >= 0.6 is 11.8 Å². The van der Waals surface area contributed by atoms with Crippen molar-refractivity contribution in [1.82, 2.24) is 10.2 Å². The summed E-state index contributed by atoms with van der Waals surface area (Å²) in [7, 11) is 0. The first-order valence-electron chi connectivity index (χ1n) is 5.86. The van der Waals surface area contributed by atoms with Crippen molar-refractivity contribution in [2.75, 3.05) is 11.1 Å². The first-order chi connectivity index (χ1) is 9.47. The molecule has 0 aliphatic carbocycles. The van der Waals surface area contributed by atoms with E-state index >= 15 is 0 Å². The van der Waals surface area contributed by atoms with Gasteiger partial charge in [-0.2, -0.15) is 5.10 Å². The number of anilines is 1. The molecule has 0 unspecified atom stereocenters. The van der Waals surface area contributed by atoms with Gasteiger partial charge in [0, 0.05) is 22.2 Å². The molecule has 106 valence electrons. The van der Waals surface area contributed by atoms with Gasteiger partial charge in [-0.25, -0.2) is 8.78 Å². The van der Waals surface area contributed by atoms with Crippen molar-refractivity contribution in [2.45, 2.75) is 18.7 Å². The maximum atomic E-state index is 13.4. The molecule has 0 atom stereocenters. The number of nitrogens with zero attached hydrogens (tertiary/aromatic N) is 1. The van der Waals surface area contributed by atoms with Gasteiger partial charge in [-0.05, 0) is 26.0 Å². The molecule has 7 heteroatoms. The standard InChI is InChI=1S/C13H13F2N3OS/c1-7-8(2)17-18-13(7)16-12(19)6-20-11-4-3-9(14)5-10(11)15/h3-5H,6H2,1-2H3,(H2,16,17,18,19). The Hall–Kier alpha value is -1.89. The van der Waals surface area contributed by atoms with Crippen LogP contribution in [0.5, 0.6) is 0 Å². The highest BCUT2D eigenvalue weighted by Crippen LogP contribution is 2.22. The number of halogens is 2. The Bertz CT molecular complexity index is 643. The van der Waals surface area contributed by atoms with Gasteiger partial charge in [0.15, 0.2) is 5.82 Å². The maximum absolute atomic E-state index is 13.4. The van der Waals surface area contributed by atoms with Crippen LogP contribution in [0.1, 0.15) is 11.3 Å². The molecule has 2 rings (SSSR count). The van der Waals surface area contributed by atoms with Crippen LogP contribution in [0.15, 0.2) is 23.1 Å². The highest BCUT2D eigenvalue weighted by atomic mass is 32.2. The third kappa shape index (κ3) is 3.36. The second-order valence-corrected chi connectivity index (χ2v) is 5.25. The van der Waals surface area contributed by atoms with E-state index in [0.717, 1.165) is 35.2 Å². The van der Waals surface area contributed by atoms with E-state index in [1.165, 1.54) is 6.07 Å². The van der Waals surface area contributed by atoms with Gasteiger partial charge >= 0.3 is 0 Å². The van der Waals surface area contributed by atoms with Crippen LogP contribution in [0.25, 0.3) is 0 Å². The number of thioether (sulfide) groups is 1. The van der Waals surface area contributed by atoms with E-state index in [4.69, 9.17) is 0 Å². The summed E-state index contributed by atoms with van der Waals surface area (Å²) in [6.45, 7) is 3.68. The first-order valence-corrected chi connectivity index (χ1v) is 6.85. The molecular formula is C13H13F2N3OS. The van der Waals surface area contributed by atoms with Crippen molar-refractivity contribution in [2.24, 2.45) is 0 Å². The van der Waals surface area contributed by atoms with E-state index in [1.807, 2.05) is 13.8 Å². The van der Waals surface area contributed by atoms with Crippen LogP contribution in [0.3, 0.4) is 0 Å². The summed E-state index contributed by atoms with van der Waals surface area (Å²) < 4.78 is 26.1. The Kier molecular flexibility index (Phi) is 4.39. The minimum Gasteiger partial charge on any atom is -0.308 e. The van der Waals surface area contributed by atoms with Crippen LogP contribution in [0.4, 0.5) is 14.6 Å². The fourth-order valence-electron chi connectivity index (χ4n) is 1.51. The Balaban J connectivity index is 1.94. The van der Waals surface area contributed by atoms with Gasteiger partial charge < -0.3 is 5.32 Å². The van der Waals surface area contributed by atoms with Crippen molar-refractivity contribution in [3.05, 3.63) is 41.1 Å². The molecule has 2 N–H and O–H groups in total. The third-order valence-corrected chi connectivity index (χ3v) is 3.81. The van der Waals surface area contributed by atoms with E-state index in [1.54, 1.807) is 0 Å². The fourth-order valence-corrected chi connectivity index (χ4v) is 2.23. The Morgan fingerprint density at radius 1 is 1.40 bits per heavy atom. The third-order valence-electron chi connectivity index (χ3n) is 2.76. The largest absolute Gasteiger partial charge is 0.308 e. The number of hydrogen-bond donors (Lipinski definition) is 2. The van der Waals surface area contributed by atoms with Crippen LogP contribution in [0.2, 0.25) is 0 Å². The molecule has 0 aliphatic heterocycles. The number of carbonyl (C=O) groups is 1. The van der Waals surface area contributed by atoms with Gasteiger partial charge in [-0.15, -0.1) is 11.8 Å². The monoisotopic (exact) mass is 297 g/mol. The predicted molar refractivity (Wildman–Crippen MR) is 73.8 cm³/mol. The topological polar surface area (TPSA) is 57.8 Å². The van der Waals surface area contributed by atoms with Gasteiger partial charge in [0.2, 0.25) is 5.91 Å². The number of nitrogens with one attached hydrogen (secondary N) is 2. The summed E-state index contributed by atoms with van der Waals surface area (Å²) in [5.41, 5.74) is 1.73. The number of amides is 1. The van der Waals surface area contributed by atoms with Crippen molar-refractivity contribution < 1.29 is 13.6 Å². The molecule has 1 heterocycles. The smallest absolute Gasteiger partial charge is 0.235 e. The lowest BCUT2D eigenvalue weighted by molar-refractivity contribution is -0.113. The average molecular weight is 297 g/mol. The summed E-state index contributed by atoms with van der Waals surface area (Å²) >= 11 is 1.00. The van der Waals surface area contributed by atoms with E-state index < -0.39 is 11.6 Å². The molecule has 0 spiro atoms. The van der Waals surface area contributed by atoms with Crippen molar-refractivity contribution in [3.8, 4) is 0 Å². The number of carbonyl (C=O) groups excluding carboxylic acids is 1. The number of aromatic nitrogens is 2. The van der Waals surface area contributed by atoms with Crippen LogP contribution in [-0.2, 0) is 4.79 Å². The lowest BCUT2D eigenvalue weighted by atomic mass is 10.3. The van der Waals surface area contributed by atoms with Crippen LogP contribution < -0.4 is 5.32 Å². The summed E-state index contributed by atoms with van der Waals surface area (Å²) in [6.07, 6.45) is 0. The SMILES string of the molecule is Cc1[nH]nc(NC(=O)CSc2ccc(F)cc2F)c1C. The van der Waals surface area contributed by atoms with Gasteiger partial charge in [0.25, 0.3) is 0 Å². The van der Waals surface area contributed by atoms with Crippen molar-refractivity contribution in [1.29, 1.82) is 0 Å². The molecule has 1 aromatic heterocycles. The van der Waals surface area contributed by atoms with E-state index in [0.29, 0.717) is 5.82 Å². The fraction of sp³-hybridized carbons (Fsp3) is 0.231. The van der Waals surface area contributed by atoms with Gasteiger partial charge in [-0.3, -0.25) is 9.89 Å². The van der Waals surface area contributed by atoms with Crippen molar-refractivity contribution >= 4 is 23.5 Å². The number of aryl methyl sites for hydroxylation is 1. The molecule has 0 bridgehead atoms. The normalized spacial score (nSPS) is 10.6. The highest BCUT2D eigenvalue weighted by molar-refractivity contribution is 8.00. The molecule has 1 aromatic carbocycles. The van der Waals surface area contributed by atoms with Crippen LogP contribution in [-0.4, -0.2) is 21.9 Å². The summed E-state index contributed by atoms with van der Waals surface area (Å²) in [5, 5.41) is 9.34. The second kappa shape index (κ2) is 6.04. The zero-order valence-corrected chi connectivity index (χ0v) is 11.8. The molecule has 0 radical (unpaired) electrons. The zero-order chi connectivity index (χ0) is 14.7. The van der Waals surface area contributed by atoms with Crippen LogP contribution in [0, 0.1) is 25.5 Å². The maximum Gasteiger partial charge on any atom is 0.235 e. The molecule has 0 saturated heterocycles. The average Bonchev–Trinajstić information content (AvgIpc) is 2.70. The molecule has 0 aliphatic rings. The van der Waals surface area contributed by atoms with Gasteiger partial charge in [-0.1, -0.05) is 0 Å². The quantitative estimate of drug-likeness (QED) is 0.853. The molecular weight excluding hydrogens is 284 g/mol. The number of aromatic amines is 1. The van der Waals surface area contributed by atoms with E-state index in [9.17, 15) is 13.6 Å². The van der Waals surface area contributed by atoms with Gasteiger partial charge in [0.1, 0.15) is 11.6 Å². The molecule has 1 amide bonds. The number of H-pyrrole nitrogens is 1. The lowest BCUT2D eigenvalue weighted by Gasteiger charge is -2.04. The Morgan fingerprint density at radius 2 is 2.15 bits per heavy atom. The number of hydrogen-bond acceptors (Lipinski definition) is 3. The number of rotatable bonds is 4. The molecule has 0 saturated carbocycles. The molecule has 4 nitrogen and oxygen atoms in total. The molecule has 0 fully saturated rings. The second-order valence-electron chi connectivity index (χ2n) is 4.23. The predicted octanol–water partition coefficient (Wildman–Crippen LogP) is 3.04. The minimum atomic E-state index is -0.672. The summed E-state index contributed by atoms with van der Waals surface area (Å²) in [6, 6.07) is 3.26. The summed E-state index contributed by atoms with van der Waals surface area (Å²) in [4.78, 5) is 12.0. The number of benzene rings is 1. The lowest BCUT2D eigenvalue weighted by Crippen LogP contribution is -2.15. The first kappa shape index (κ1) is 14.5. The van der Waals surface area contributed by atoms with E-state index in [-0.39, 0.29) is 16.6 Å². The molecule has 20 heavy (non-hydrogen) atoms. The molecule has 2 aromatic rings. The summed E-state index contributed by atoms with van der Waals surface area (Å²) in [5.74, 6) is -1.12. The van der Waals surface area contributed by atoms with Crippen molar-refractivity contribution in [3.63, 3.8) is 0 Å². The Labute approximate surface area is 119 Å². The van der Waals surface area contributed by atoms with E-state index in [2.05, 4.69) is 15.5 Å². The highest BCUT2D eigenvalue weighted by Gasteiger charge is 2.11. The minimum absolute atomic E-state index is 0.0217.